The van der Waals surface area contributed by atoms with Gasteiger partial charge in [0.25, 0.3) is 5.56 Å². The van der Waals surface area contributed by atoms with E-state index in [4.69, 9.17) is 9.47 Å². The normalized spacial score (nSPS) is 15.4. The van der Waals surface area contributed by atoms with Gasteiger partial charge in [0.1, 0.15) is 11.5 Å². The Hall–Kier alpha value is -3.54. The predicted octanol–water partition coefficient (Wildman–Crippen LogP) is 2.66. The number of rotatable bonds is 3. The zero-order chi connectivity index (χ0) is 19.8. The van der Waals surface area contributed by atoms with Gasteiger partial charge >= 0.3 is 5.69 Å². The molecule has 6 heteroatoms. The van der Waals surface area contributed by atoms with Crippen molar-refractivity contribution in [3.63, 3.8) is 0 Å². The Bertz CT molecular complexity index is 1190. The second-order valence-corrected chi connectivity index (χ2v) is 6.68. The molecule has 6 nitrogen and oxygen atoms in total. The molecule has 142 valence electrons. The first kappa shape index (κ1) is 17.9. The highest BCUT2D eigenvalue weighted by Crippen LogP contribution is 2.39. The molecule has 0 bridgehead atoms. The van der Waals surface area contributed by atoms with E-state index in [9.17, 15) is 9.59 Å². The highest BCUT2D eigenvalue weighted by Gasteiger charge is 2.31. The van der Waals surface area contributed by atoms with Crippen LogP contribution in [0.15, 0.2) is 70.3 Å². The highest BCUT2D eigenvalue weighted by molar-refractivity contribution is 5.67. The Morgan fingerprint density at radius 1 is 0.964 bits per heavy atom. The number of hydrogen-bond donors (Lipinski definition) is 0. The minimum Gasteiger partial charge on any atom is -0.497 e. The average molecular weight is 376 g/mol. The molecule has 0 saturated heterocycles. The fourth-order valence-electron chi connectivity index (χ4n) is 3.47. The number of fused-ring (bicyclic) bond motifs is 1. The van der Waals surface area contributed by atoms with Crippen molar-refractivity contribution in [2.45, 2.75) is 5.92 Å². The molecule has 1 aromatic heterocycles. The molecule has 1 aliphatic rings. The predicted molar refractivity (Wildman–Crippen MR) is 107 cm³/mol. The molecule has 0 saturated carbocycles. The number of benzene rings is 2. The van der Waals surface area contributed by atoms with Crippen molar-refractivity contribution in [3.8, 4) is 11.6 Å². The number of nitrogens with zero attached hydrogens (tertiary/aromatic N) is 2. The van der Waals surface area contributed by atoms with E-state index in [1.54, 1.807) is 14.2 Å². The lowest BCUT2D eigenvalue weighted by Crippen LogP contribution is -2.41. The summed E-state index contributed by atoms with van der Waals surface area (Å²) in [6, 6.07) is 17.2. The van der Waals surface area contributed by atoms with Crippen LogP contribution in [0.5, 0.6) is 11.6 Å². The van der Waals surface area contributed by atoms with E-state index in [1.165, 1.54) is 11.6 Å². The first-order valence-corrected chi connectivity index (χ1v) is 8.90. The van der Waals surface area contributed by atoms with Gasteiger partial charge in [0.2, 0.25) is 5.88 Å². The fraction of sp³-hybridized carbons (Fsp3) is 0.182. The standard InChI is InChI=1S/C22H20N2O4/c1-23-20(25)19-17(15-10-7-11-16(12-15)27-3)13-18(14-8-5-4-6-9-14)28-21(19)24(2)22(23)26/h4-13,17H,1-3H3/t17-/m0/s1. The van der Waals surface area contributed by atoms with Gasteiger partial charge in [-0.1, -0.05) is 42.5 Å². The summed E-state index contributed by atoms with van der Waals surface area (Å²) in [5, 5.41) is 0. The maximum absolute atomic E-state index is 13.0. The lowest BCUT2D eigenvalue weighted by molar-refractivity contribution is 0.413. The van der Waals surface area contributed by atoms with Crippen molar-refractivity contribution >= 4 is 5.76 Å². The van der Waals surface area contributed by atoms with Crippen LogP contribution in [0.25, 0.3) is 5.76 Å². The Labute approximate surface area is 161 Å². The van der Waals surface area contributed by atoms with Crippen molar-refractivity contribution in [1.82, 2.24) is 9.13 Å². The number of allylic oxidation sites excluding steroid dienone is 1. The van der Waals surface area contributed by atoms with E-state index in [1.807, 2.05) is 60.7 Å². The largest absolute Gasteiger partial charge is 0.497 e. The van der Waals surface area contributed by atoms with Gasteiger partial charge in [-0.2, -0.15) is 0 Å². The summed E-state index contributed by atoms with van der Waals surface area (Å²) in [6.45, 7) is 0. The Balaban J connectivity index is 2.00. The maximum atomic E-state index is 13.0. The molecule has 4 rings (SSSR count). The summed E-state index contributed by atoms with van der Waals surface area (Å²) < 4.78 is 13.9. The van der Waals surface area contributed by atoms with Crippen molar-refractivity contribution in [2.75, 3.05) is 7.11 Å². The number of hydrogen-bond acceptors (Lipinski definition) is 4. The summed E-state index contributed by atoms with van der Waals surface area (Å²) in [5.74, 6) is 1.19. The van der Waals surface area contributed by atoms with Crippen molar-refractivity contribution < 1.29 is 9.47 Å². The van der Waals surface area contributed by atoms with E-state index in [-0.39, 0.29) is 17.4 Å². The van der Waals surface area contributed by atoms with Crippen LogP contribution in [0, 0.1) is 0 Å². The third kappa shape index (κ3) is 2.83. The zero-order valence-electron chi connectivity index (χ0n) is 15.9. The van der Waals surface area contributed by atoms with Crippen molar-refractivity contribution in [3.05, 3.63) is 98.2 Å². The molecule has 0 aliphatic carbocycles. The summed E-state index contributed by atoms with van der Waals surface area (Å²) in [5.41, 5.74) is 1.39. The minimum absolute atomic E-state index is 0.266. The SMILES string of the molecule is COc1cccc([C@@H]2C=C(c3ccccc3)Oc3c2c(=O)n(C)c(=O)n3C)c1. The minimum atomic E-state index is -0.428. The first-order valence-electron chi connectivity index (χ1n) is 8.90. The lowest BCUT2D eigenvalue weighted by atomic mass is 9.89. The number of aromatic nitrogens is 2. The molecule has 0 unspecified atom stereocenters. The quantitative estimate of drug-likeness (QED) is 0.705. The molecule has 0 radical (unpaired) electrons. The van der Waals surface area contributed by atoms with E-state index in [2.05, 4.69) is 0 Å². The fourth-order valence-corrected chi connectivity index (χ4v) is 3.47. The van der Waals surface area contributed by atoms with E-state index in [0.29, 0.717) is 17.1 Å². The van der Waals surface area contributed by atoms with Gasteiger partial charge in [-0.15, -0.1) is 0 Å². The molecular weight excluding hydrogens is 356 g/mol. The Kier molecular flexibility index (Phi) is 4.39. The molecule has 2 aromatic carbocycles. The summed E-state index contributed by atoms with van der Waals surface area (Å²) in [4.78, 5) is 25.4. The third-order valence-electron chi connectivity index (χ3n) is 4.99. The van der Waals surface area contributed by atoms with E-state index >= 15 is 0 Å². The molecule has 1 atom stereocenters. The van der Waals surface area contributed by atoms with Gasteiger partial charge in [-0.05, 0) is 23.8 Å². The van der Waals surface area contributed by atoms with Gasteiger partial charge in [0.15, 0.2) is 0 Å². The van der Waals surface area contributed by atoms with Crippen molar-refractivity contribution in [2.24, 2.45) is 14.1 Å². The monoisotopic (exact) mass is 376 g/mol. The molecule has 3 aromatic rings. The van der Waals surface area contributed by atoms with Crippen LogP contribution >= 0.6 is 0 Å². The topological polar surface area (TPSA) is 62.5 Å². The smallest absolute Gasteiger partial charge is 0.333 e. The first-order chi connectivity index (χ1) is 13.5. The van der Waals surface area contributed by atoms with E-state index < -0.39 is 5.69 Å². The molecule has 0 amide bonds. The third-order valence-corrected chi connectivity index (χ3v) is 4.99. The molecular formula is C22H20N2O4. The maximum Gasteiger partial charge on any atom is 0.333 e. The van der Waals surface area contributed by atoms with Crippen LogP contribution in [0.1, 0.15) is 22.6 Å². The molecule has 0 N–H and O–H groups in total. The average Bonchev–Trinajstić information content (AvgIpc) is 2.76. The van der Waals surface area contributed by atoms with Crippen LogP contribution < -0.4 is 20.7 Å². The summed E-state index contributed by atoms with van der Waals surface area (Å²) in [7, 11) is 4.69. The van der Waals surface area contributed by atoms with Crippen molar-refractivity contribution in [1.29, 1.82) is 0 Å². The zero-order valence-corrected chi connectivity index (χ0v) is 15.9. The summed E-state index contributed by atoms with van der Waals surface area (Å²) >= 11 is 0. The Morgan fingerprint density at radius 2 is 1.71 bits per heavy atom. The van der Waals surface area contributed by atoms with Crippen LogP contribution in [0.3, 0.4) is 0 Å². The van der Waals surface area contributed by atoms with Crippen LogP contribution in [-0.2, 0) is 14.1 Å². The number of ether oxygens (including phenoxy) is 2. The molecule has 28 heavy (non-hydrogen) atoms. The van der Waals surface area contributed by atoms with Gasteiger partial charge in [-0.3, -0.25) is 13.9 Å². The lowest BCUT2D eigenvalue weighted by Gasteiger charge is -2.26. The molecule has 0 spiro atoms. The molecule has 0 fully saturated rings. The second-order valence-electron chi connectivity index (χ2n) is 6.68. The van der Waals surface area contributed by atoms with Gasteiger partial charge in [0, 0.05) is 25.6 Å². The Morgan fingerprint density at radius 3 is 2.43 bits per heavy atom. The highest BCUT2D eigenvalue weighted by atomic mass is 16.5. The number of methoxy groups -OCH3 is 1. The molecule has 1 aliphatic heterocycles. The van der Waals surface area contributed by atoms with Gasteiger partial charge in [0.05, 0.1) is 12.7 Å². The van der Waals surface area contributed by atoms with Gasteiger partial charge < -0.3 is 9.47 Å². The van der Waals surface area contributed by atoms with Crippen LogP contribution in [0.4, 0.5) is 0 Å². The van der Waals surface area contributed by atoms with E-state index in [0.717, 1.165) is 15.7 Å². The van der Waals surface area contributed by atoms with Crippen LogP contribution in [-0.4, -0.2) is 16.2 Å². The summed E-state index contributed by atoms with van der Waals surface area (Å²) in [6.07, 6.45) is 1.91. The van der Waals surface area contributed by atoms with Gasteiger partial charge in [-0.25, -0.2) is 4.79 Å². The molecule has 2 heterocycles. The van der Waals surface area contributed by atoms with Crippen LogP contribution in [0.2, 0.25) is 0 Å². The second kappa shape index (κ2) is 6.88.